The van der Waals surface area contributed by atoms with Crippen molar-refractivity contribution in [1.29, 1.82) is 0 Å². The van der Waals surface area contributed by atoms with Crippen LogP contribution in [0, 0.1) is 0 Å². The fourth-order valence-electron chi connectivity index (χ4n) is 8.88. The maximum atomic E-state index is 4.96. The van der Waals surface area contributed by atoms with Crippen LogP contribution in [-0.4, -0.2) is 23.9 Å². The summed E-state index contributed by atoms with van der Waals surface area (Å²) in [7, 11) is 0. The van der Waals surface area contributed by atoms with Gasteiger partial charge in [0.15, 0.2) is 17.5 Å². The molecule has 0 N–H and O–H groups in total. The SMILES string of the molecule is c1ccc(-c2nc(-c3ccccc3)nc(-c3ccc(-c4cccc(-n5c6ccccc6c6ccc7c(c8ccccc8n8c9ccccc9cc78)c65)c4)cc3)n2)cc1. The highest BCUT2D eigenvalue weighted by Crippen LogP contribution is 2.42. The molecule has 0 radical (unpaired) electrons. The van der Waals surface area contributed by atoms with E-state index >= 15 is 0 Å². The fourth-order valence-corrected chi connectivity index (χ4v) is 8.88. The molecule has 5 heteroatoms. The number of hydrogen-bond donors (Lipinski definition) is 0. The van der Waals surface area contributed by atoms with E-state index in [1.165, 1.54) is 59.9 Å². The molecule has 0 aliphatic carbocycles. The van der Waals surface area contributed by atoms with Crippen LogP contribution in [0.2, 0.25) is 0 Å². The summed E-state index contributed by atoms with van der Waals surface area (Å²) in [5.41, 5.74) is 12.2. The lowest BCUT2D eigenvalue weighted by atomic mass is 10.0. The Labute approximate surface area is 333 Å². The summed E-state index contributed by atoms with van der Waals surface area (Å²) in [5.74, 6) is 1.94. The van der Waals surface area contributed by atoms with E-state index in [0.717, 1.165) is 33.5 Å². The van der Waals surface area contributed by atoms with Gasteiger partial charge < -0.3 is 8.97 Å². The monoisotopic (exact) mass is 739 g/mol. The molecule has 12 aromatic rings. The van der Waals surface area contributed by atoms with Gasteiger partial charge in [0.05, 0.1) is 27.6 Å². The Morgan fingerprint density at radius 1 is 0.310 bits per heavy atom. The van der Waals surface area contributed by atoms with Crippen LogP contribution in [0.15, 0.2) is 200 Å². The third-order valence-corrected chi connectivity index (χ3v) is 11.5. The molecule has 0 fully saturated rings. The maximum absolute atomic E-state index is 4.96. The number of rotatable bonds is 5. The number of aromatic nitrogens is 5. The van der Waals surface area contributed by atoms with Crippen molar-refractivity contribution in [1.82, 2.24) is 23.9 Å². The van der Waals surface area contributed by atoms with Crippen LogP contribution in [0.1, 0.15) is 0 Å². The van der Waals surface area contributed by atoms with Crippen LogP contribution in [0.4, 0.5) is 0 Å². The number of fused-ring (bicyclic) bond motifs is 12. The van der Waals surface area contributed by atoms with E-state index in [0.29, 0.717) is 17.5 Å². The molecular weight excluding hydrogens is 707 g/mol. The molecule has 0 unspecified atom stereocenters. The molecule has 4 aromatic heterocycles. The van der Waals surface area contributed by atoms with E-state index in [1.54, 1.807) is 0 Å². The Kier molecular flexibility index (Phi) is 7.16. The van der Waals surface area contributed by atoms with Gasteiger partial charge in [0.1, 0.15) is 0 Å². The maximum Gasteiger partial charge on any atom is 0.164 e. The molecule has 5 nitrogen and oxygen atoms in total. The number of benzene rings is 8. The smallest absolute Gasteiger partial charge is 0.164 e. The summed E-state index contributed by atoms with van der Waals surface area (Å²) in [5, 5.41) is 7.45. The van der Waals surface area contributed by atoms with Crippen molar-refractivity contribution in [3.63, 3.8) is 0 Å². The normalized spacial score (nSPS) is 11.8. The zero-order valence-corrected chi connectivity index (χ0v) is 31.3. The first-order valence-electron chi connectivity index (χ1n) is 19.6. The van der Waals surface area contributed by atoms with E-state index in [2.05, 4.69) is 148 Å². The first-order chi connectivity index (χ1) is 28.8. The van der Waals surface area contributed by atoms with Gasteiger partial charge in [-0.1, -0.05) is 164 Å². The molecule has 58 heavy (non-hydrogen) atoms. The molecular formula is C53H33N5. The van der Waals surface area contributed by atoms with E-state index in [1.807, 2.05) is 60.7 Å². The van der Waals surface area contributed by atoms with Crippen LogP contribution in [0.3, 0.4) is 0 Å². The molecule has 0 atom stereocenters. The summed E-state index contributed by atoms with van der Waals surface area (Å²) >= 11 is 0. The second-order valence-electron chi connectivity index (χ2n) is 14.8. The van der Waals surface area contributed by atoms with E-state index < -0.39 is 0 Å². The van der Waals surface area contributed by atoms with Gasteiger partial charge in [0, 0.05) is 54.7 Å². The van der Waals surface area contributed by atoms with Gasteiger partial charge in [0.2, 0.25) is 0 Å². The van der Waals surface area contributed by atoms with E-state index in [9.17, 15) is 0 Å². The molecule has 0 saturated heterocycles. The van der Waals surface area contributed by atoms with Crippen LogP contribution in [-0.2, 0) is 0 Å². The Morgan fingerprint density at radius 2 is 0.828 bits per heavy atom. The first kappa shape index (κ1) is 32.4. The highest BCUT2D eigenvalue weighted by molar-refractivity contribution is 6.28. The second-order valence-corrected chi connectivity index (χ2v) is 14.8. The Bertz CT molecular complexity index is 3490. The van der Waals surface area contributed by atoms with Crippen molar-refractivity contribution in [3.8, 4) is 51.0 Å². The molecule has 0 bridgehead atoms. The Balaban J connectivity index is 1.03. The number of pyridine rings is 1. The number of hydrogen-bond acceptors (Lipinski definition) is 3. The van der Waals surface area contributed by atoms with Crippen molar-refractivity contribution in [2.45, 2.75) is 0 Å². The second kappa shape index (κ2) is 12.8. The lowest BCUT2D eigenvalue weighted by Crippen LogP contribution is -2.00. The third kappa shape index (κ3) is 5.00. The summed E-state index contributed by atoms with van der Waals surface area (Å²) in [4.78, 5) is 14.8. The molecule has 0 spiro atoms. The van der Waals surface area contributed by atoms with Gasteiger partial charge in [-0.15, -0.1) is 0 Å². The summed E-state index contributed by atoms with van der Waals surface area (Å²) in [6.45, 7) is 0. The zero-order chi connectivity index (χ0) is 38.2. The Morgan fingerprint density at radius 3 is 1.53 bits per heavy atom. The average molecular weight is 740 g/mol. The summed E-state index contributed by atoms with van der Waals surface area (Å²) < 4.78 is 4.90. The quantitative estimate of drug-likeness (QED) is 0.165. The van der Waals surface area contributed by atoms with Crippen LogP contribution in [0.5, 0.6) is 0 Å². The fraction of sp³-hybridized carbons (Fsp3) is 0. The van der Waals surface area contributed by atoms with Crippen LogP contribution in [0.25, 0.3) is 111 Å². The topological polar surface area (TPSA) is 48.0 Å². The van der Waals surface area contributed by atoms with Crippen molar-refractivity contribution < 1.29 is 0 Å². The van der Waals surface area contributed by atoms with Gasteiger partial charge in [-0.25, -0.2) is 15.0 Å². The third-order valence-electron chi connectivity index (χ3n) is 11.5. The highest BCUT2D eigenvalue weighted by Gasteiger charge is 2.20. The van der Waals surface area contributed by atoms with E-state index in [-0.39, 0.29) is 0 Å². The van der Waals surface area contributed by atoms with Gasteiger partial charge in [-0.3, -0.25) is 0 Å². The average Bonchev–Trinajstić information content (AvgIpc) is 3.86. The van der Waals surface area contributed by atoms with Crippen LogP contribution < -0.4 is 0 Å². The first-order valence-corrected chi connectivity index (χ1v) is 19.6. The van der Waals surface area contributed by atoms with Crippen molar-refractivity contribution in [2.75, 3.05) is 0 Å². The number of nitrogens with zero attached hydrogens (tertiary/aromatic N) is 5. The zero-order valence-electron chi connectivity index (χ0n) is 31.3. The minimum atomic E-state index is 0.641. The lowest BCUT2D eigenvalue weighted by molar-refractivity contribution is 1.07. The predicted octanol–water partition coefficient (Wildman–Crippen LogP) is 13.3. The van der Waals surface area contributed by atoms with E-state index in [4.69, 9.17) is 15.0 Å². The van der Waals surface area contributed by atoms with Gasteiger partial charge >= 0.3 is 0 Å². The predicted molar refractivity (Wildman–Crippen MR) is 239 cm³/mol. The molecule has 270 valence electrons. The Hall–Kier alpha value is -7.89. The molecule has 0 amide bonds. The standard InChI is InChI=1S/C53H33N5/c1-3-14-35(15-4-1)51-54-52(36-16-5-2-6-17-36)56-53(55-51)37-28-26-34(27-29-37)38-19-13-20-40(32-38)57-46-24-11-8-21-41(46)42-30-31-44-48-33-39-18-7-10-23-45(39)58(48)47-25-12-9-22-43(47)49(44)50(42)57/h1-33H. The lowest BCUT2D eigenvalue weighted by Gasteiger charge is -2.15. The van der Waals surface area contributed by atoms with Gasteiger partial charge in [-0.2, -0.15) is 0 Å². The molecule has 12 rings (SSSR count). The van der Waals surface area contributed by atoms with Crippen LogP contribution >= 0.6 is 0 Å². The largest absolute Gasteiger partial charge is 0.309 e. The number of para-hydroxylation sites is 3. The molecule has 0 aliphatic rings. The summed E-state index contributed by atoms with van der Waals surface area (Å²) in [6.07, 6.45) is 0. The molecule has 4 heterocycles. The van der Waals surface area contributed by atoms with Gasteiger partial charge in [0.25, 0.3) is 0 Å². The molecule has 0 aliphatic heterocycles. The van der Waals surface area contributed by atoms with Crippen molar-refractivity contribution in [3.05, 3.63) is 200 Å². The molecule has 8 aromatic carbocycles. The summed E-state index contributed by atoms with van der Waals surface area (Å²) in [6, 6.07) is 71.0. The van der Waals surface area contributed by atoms with Crippen molar-refractivity contribution >= 4 is 59.9 Å². The minimum Gasteiger partial charge on any atom is -0.309 e. The van der Waals surface area contributed by atoms with Crippen molar-refractivity contribution in [2.24, 2.45) is 0 Å². The minimum absolute atomic E-state index is 0.641. The highest BCUT2D eigenvalue weighted by atomic mass is 15.0. The van der Waals surface area contributed by atoms with Gasteiger partial charge in [-0.05, 0) is 47.5 Å². The molecule has 0 saturated carbocycles.